The van der Waals surface area contributed by atoms with Crippen LogP contribution in [0.25, 0.3) is 11.0 Å². The second kappa shape index (κ2) is 13.5. The van der Waals surface area contributed by atoms with Crippen molar-refractivity contribution in [2.75, 3.05) is 59.7 Å². The second-order valence-electron chi connectivity index (χ2n) is 14.6. The van der Waals surface area contributed by atoms with Crippen LogP contribution in [0.15, 0.2) is 60.9 Å². The maximum Gasteiger partial charge on any atom is 0.262 e. The van der Waals surface area contributed by atoms with Gasteiger partial charge in [0.15, 0.2) is 11.5 Å². The Labute approximate surface area is 316 Å². The standard InChI is InChI=1S/C39H40N12O4/c1-22-5-4-6-23(2)33(22)44-34-29-19-41-39(45-35(29)47(3)46-34)42-24-7-11-31(40-18-24)49-15-13-48(14-16-49)26-20-50(21-26)25-8-9-27-28(17-25)38(55)51(37(27)54)30-10-12-32(52)43-36(30)53/h4-9,11,17-19,26,30H,10,12-16,20-21H2,1-3H3,(H,44,46)(H,41,42,45)(H,43,52,53). The summed E-state index contributed by atoms with van der Waals surface area (Å²) in [6.07, 6.45) is 3.81. The highest BCUT2D eigenvalue weighted by molar-refractivity contribution is 6.23. The average Bonchev–Trinajstić information content (AvgIpc) is 3.60. The number of rotatable bonds is 8. The van der Waals surface area contributed by atoms with E-state index in [2.05, 4.69) is 66.7 Å². The third-order valence-electron chi connectivity index (χ3n) is 11.1. The molecule has 4 aliphatic rings. The van der Waals surface area contributed by atoms with Crippen molar-refractivity contribution >= 4 is 69.3 Å². The van der Waals surface area contributed by atoms with Crippen LogP contribution in [0, 0.1) is 13.8 Å². The molecule has 3 saturated heterocycles. The summed E-state index contributed by atoms with van der Waals surface area (Å²) in [5.74, 6) is 0.0987. The molecule has 5 aromatic rings. The maximum atomic E-state index is 13.3. The number of piperidine rings is 1. The molecule has 0 saturated carbocycles. The molecule has 3 fully saturated rings. The Bertz CT molecular complexity index is 2360. The molecule has 1 unspecified atom stereocenters. The van der Waals surface area contributed by atoms with Gasteiger partial charge in [0.25, 0.3) is 11.8 Å². The van der Waals surface area contributed by atoms with Gasteiger partial charge in [-0.2, -0.15) is 10.1 Å². The average molecular weight is 741 g/mol. The molecule has 0 spiro atoms. The largest absolute Gasteiger partial charge is 0.368 e. The molecule has 3 N–H and O–H groups in total. The summed E-state index contributed by atoms with van der Waals surface area (Å²) in [5.41, 5.74) is 6.27. The van der Waals surface area contributed by atoms with Crippen LogP contribution in [0.2, 0.25) is 0 Å². The molecule has 2 aromatic carbocycles. The van der Waals surface area contributed by atoms with Gasteiger partial charge in [0, 0.05) is 76.4 Å². The molecule has 4 amide bonds. The van der Waals surface area contributed by atoms with Crippen LogP contribution in [-0.4, -0.2) is 110 Å². The minimum absolute atomic E-state index is 0.0924. The number of nitrogens with zero attached hydrogens (tertiary/aromatic N) is 9. The molecule has 7 heterocycles. The number of carbonyl (C=O) groups is 4. The van der Waals surface area contributed by atoms with Gasteiger partial charge >= 0.3 is 0 Å². The highest BCUT2D eigenvalue weighted by Crippen LogP contribution is 2.34. The molecule has 0 bridgehead atoms. The summed E-state index contributed by atoms with van der Waals surface area (Å²) in [6.45, 7) is 9.26. The van der Waals surface area contributed by atoms with E-state index in [0.717, 1.165) is 83.6 Å². The predicted octanol–water partition coefficient (Wildman–Crippen LogP) is 3.27. The van der Waals surface area contributed by atoms with Crippen LogP contribution >= 0.6 is 0 Å². The molecule has 3 aromatic heterocycles. The van der Waals surface area contributed by atoms with Crippen molar-refractivity contribution in [1.29, 1.82) is 0 Å². The molecule has 280 valence electrons. The van der Waals surface area contributed by atoms with Crippen molar-refractivity contribution in [2.45, 2.75) is 38.8 Å². The monoisotopic (exact) mass is 740 g/mol. The van der Waals surface area contributed by atoms with Crippen LogP contribution in [0.4, 0.5) is 34.6 Å². The van der Waals surface area contributed by atoms with Crippen molar-refractivity contribution in [3.05, 3.63) is 83.2 Å². The quantitative estimate of drug-likeness (QED) is 0.198. The first-order valence-electron chi connectivity index (χ1n) is 18.5. The number of para-hydroxylation sites is 1. The minimum atomic E-state index is -0.972. The first-order valence-corrected chi connectivity index (χ1v) is 18.5. The smallest absolute Gasteiger partial charge is 0.262 e. The second-order valence-corrected chi connectivity index (χ2v) is 14.6. The van der Waals surface area contributed by atoms with Gasteiger partial charge in [-0.15, -0.1) is 0 Å². The van der Waals surface area contributed by atoms with E-state index in [1.54, 1.807) is 29.2 Å². The number of anilines is 6. The van der Waals surface area contributed by atoms with E-state index in [1.807, 2.05) is 31.3 Å². The molecular weight excluding hydrogens is 701 g/mol. The number of hydrogen-bond acceptors (Lipinski definition) is 13. The van der Waals surface area contributed by atoms with E-state index in [9.17, 15) is 19.2 Å². The van der Waals surface area contributed by atoms with Gasteiger partial charge in [-0.05, 0) is 61.7 Å². The molecule has 55 heavy (non-hydrogen) atoms. The van der Waals surface area contributed by atoms with E-state index in [1.165, 1.54) is 0 Å². The fourth-order valence-electron chi connectivity index (χ4n) is 7.97. The Morgan fingerprint density at radius 3 is 2.31 bits per heavy atom. The van der Waals surface area contributed by atoms with Crippen LogP contribution in [0.1, 0.15) is 44.7 Å². The van der Waals surface area contributed by atoms with Crippen molar-refractivity contribution in [2.24, 2.45) is 7.05 Å². The number of benzene rings is 2. The Morgan fingerprint density at radius 1 is 0.818 bits per heavy atom. The normalized spacial score (nSPS) is 19.2. The number of imide groups is 2. The number of fused-ring (bicyclic) bond motifs is 2. The van der Waals surface area contributed by atoms with Gasteiger partial charge in [0.2, 0.25) is 17.8 Å². The van der Waals surface area contributed by atoms with Gasteiger partial charge in [-0.3, -0.25) is 34.3 Å². The van der Waals surface area contributed by atoms with E-state index in [4.69, 9.17) is 9.97 Å². The maximum absolute atomic E-state index is 13.3. The summed E-state index contributed by atoms with van der Waals surface area (Å²) < 4.78 is 1.75. The third-order valence-corrected chi connectivity index (χ3v) is 11.1. The Morgan fingerprint density at radius 2 is 1.58 bits per heavy atom. The third kappa shape index (κ3) is 6.17. The number of aromatic nitrogens is 5. The van der Waals surface area contributed by atoms with Crippen molar-refractivity contribution < 1.29 is 19.2 Å². The fourth-order valence-corrected chi connectivity index (χ4v) is 7.97. The highest BCUT2D eigenvalue weighted by Gasteiger charge is 2.45. The molecule has 4 aliphatic heterocycles. The Balaban J connectivity index is 0.777. The number of carbonyl (C=O) groups excluding carboxylic acids is 4. The molecular formula is C39H40N12O4. The predicted molar refractivity (Wildman–Crippen MR) is 206 cm³/mol. The summed E-state index contributed by atoms with van der Waals surface area (Å²) in [4.78, 5) is 72.4. The summed E-state index contributed by atoms with van der Waals surface area (Å²) in [6, 6.07) is 14.9. The van der Waals surface area contributed by atoms with Gasteiger partial charge < -0.3 is 20.4 Å². The van der Waals surface area contributed by atoms with Crippen LogP contribution in [0.3, 0.4) is 0 Å². The number of amides is 4. The van der Waals surface area contributed by atoms with E-state index in [0.29, 0.717) is 34.6 Å². The lowest BCUT2D eigenvalue weighted by molar-refractivity contribution is -0.136. The zero-order valence-electron chi connectivity index (χ0n) is 30.7. The van der Waals surface area contributed by atoms with E-state index < -0.39 is 29.7 Å². The lowest BCUT2D eigenvalue weighted by atomic mass is 10.0. The highest BCUT2D eigenvalue weighted by atomic mass is 16.2. The molecule has 1 atom stereocenters. The van der Waals surface area contributed by atoms with Crippen molar-refractivity contribution in [1.82, 2.24) is 39.8 Å². The first kappa shape index (κ1) is 34.4. The summed E-state index contributed by atoms with van der Waals surface area (Å²) >= 11 is 0. The van der Waals surface area contributed by atoms with Crippen LogP contribution in [-0.2, 0) is 16.6 Å². The number of hydrogen-bond donors (Lipinski definition) is 3. The molecule has 9 rings (SSSR count). The van der Waals surface area contributed by atoms with E-state index >= 15 is 0 Å². The first-order chi connectivity index (χ1) is 26.6. The molecule has 0 aliphatic carbocycles. The van der Waals surface area contributed by atoms with E-state index in [-0.39, 0.29) is 12.8 Å². The fraction of sp³-hybridized carbons (Fsp3) is 0.333. The zero-order chi connectivity index (χ0) is 38.0. The van der Waals surface area contributed by atoms with Crippen molar-refractivity contribution in [3.63, 3.8) is 0 Å². The number of aryl methyl sites for hydroxylation is 3. The summed E-state index contributed by atoms with van der Waals surface area (Å²) in [7, 11) is 1.87. The van der Waals surface area contributed by atoms with Gasteiger partial charge in [-0.1, -0.05) is 18.2 Å². The Kier molecular flexibility index (Phi) is 8.41. The molecule has 0 radical (unpaired) electrons. The topological polar surface area (TPSA) is 174 Å². The number of nitrogens with one attached hydrogen (secondary N) is 3. The van der Waals surface area contributed by atoms with Crippen LogP contribution in [0.5, 0.6) is 0 Å². The SMILES string of the molecule is Cc1cccc(C)c1Nc1nn(C)c2nc(Nc3ccc(N4CCN(C5CN(c6ccc7c(c6)C(=O)N(C6CCC(=O)NC6=O)C7=O)C5)CC4)nc3)ncc12. The number of piperazine rings is 1. The van der Waals surface area contributed by atoms with Crippen LogP contribution < -0.4 is 25.8 Å². The van der Waals surface area contributed by atoms with Gasteiger partial charge in [0.1, 0.15) is 11.9 Å². The summed E-state index contributed by atoms with van der Waals surface area (Å²) in [5, 5.41) is 14.5. The van der Waals surface area contributed by atoms with Crippen molar-refractivity contribution in [3.8, 4) is 0 Å². The van der Waals surface area contributed by atoms with Gasteiger partial charge in [-0.25, -0.2) is 14.6 Å². The minimum Gasteiger partial charge on any atom is -0.368 e. The van der Waals surface area contributed by atoms with Gasteiger partial charge in [0.05, 0.1) is 28.4 Å². The lowest BCUT2D eigenvalue weighted by Gasteiger charge is -2.49. The zero-order valence-corrected chi connectivity index (χ0v) is 30.7. The lowest BCUT2D eigenvalue weighted by Crippen LogP contribution is -2.63. The molecule has 16 nitrogen and oxygen atoms in total. The Hall–Kier alpha value is -6.42. The number of pyridine rings is 1. The molecule has 16 heteroatoms.